The van der Waals surface area contributed by atoms with E-state index in [0.717, 1.165) is 6.42 Å². The first-order chi connectivity index (χ1) is 8.17. The normalized spacial score (nSPS) is 10.1. The van der Waals surface area contributed by atoms with Crippen LogP contribution < -0.4 is 10.1 Å². The molecule has 0 bridgehead atoms. The van der Waals surface area contributed by atoms with E-state index in [2.05, 4.69) is 5.32 Å². The molecule has 0 saturated heterocycles. The minimum atomic E-state index is -0.217. The first kappa shape index (κ1) is 13.8. The second kappa shape index (κ2) is 7.14. The molecule has 0 aliphatic carbocycles. The van der Waals surface area contributed by atoms with Gasteiger partial charge in [0.1, 0.15) is 12.4 Å². The van der Waals surface area contributed by atoms with Crippen molar-refractivity contribution in [3.05, 3.63) is 23.2 Å². The summed E-state index contributed by atoms with van der Waals surface area (Å²) in [4.78, 5) is 11.3. The summed E-state index contributed by atoms with van der Waals surface area (Å²) in [5.74, 6) is 0.407. The summed E-state index contributed by atoms with van der Waals surface area (Å²) in [6, 6.07) is 5.13. The van der Waals surface area contributed by atoms with E-state index in [1.807, 2.05) is 6.92 Å². The standard InChI is InChI=1S/C12H16ClNO3/c1-3-6-17-11-5-4-9(7-10(11)13)14-12(15)8-16-2/h4-5,7H,3,6,8H2,1-2H3,(H,14,15). The fourth-order valence-electron chi connectivity index (χ4n) is 1.24. The third-order valence-corrected chi connectivity index (χ3v) is 2.25. The monoisotopic (exact) mass is 257 g/mol. The highest BCUT2D eigenvalue weighted by atomic mass is 35.5. The topological polar surface area (TPSA) is 47.6 Å². The molecule has 0 fully saturated rings. The Morgan fingerprint density at radius 2 is 2.24 bits per heavy atom. The van der Waals surface area contributed by atoms with E-state index in [4.69, 9.17) is 21.1 Å². The van der Waals surface area contributed by atoms with Crippen molar-refractivity contribution >= 4 is 23.2 Å². The van der Waals surface area contributed by atoms with Gasteiger partial charge in [-0.1, -0.05) is 18.5 Å². The van der Waals surface area contributed by atoms with Crippen molar-refractivity contribution in [1.29, 1.82) is 0 Å². The number of rotatable bonds is 6. The molecule has 1 amide bonds. The van der Waals surface area contributed by atoms with Crippen molar-refractivity contribution < 1.29 is 14.3 Å². The van der Waals surface area contributed by atoms with Crippen molar-refractivity contribution in [2.45, 2.75) is 13.3 Å². The molecular formula is C12H16ClNO3. The second-order valence-corrected chi connectivity index (χ2v) is 3.88. The number of benzene rings is 1. The summed E-state index contributed by atoms with van der Waals surface area (Å²) in [6.45, 7) is 2.66. The molecule has 0 unspecified atom stereocenters. The largest absolute Gasteiger partial charge is 0.492 e. The summed E-state index contributed by atoms with van der Waals surface area (Å²) in [6.07, 6.45) is 0.919. The average Bonchev–Trinajstić information content (AvgIpc) is 2.28. The highest BCUT2D eigenvalue weighted by molar-refractivity contribution is 6.32. The van der Waals surface area contributed by atoms with Gasteiger partial charge in [-0.25, -0.2) is 0 Å². The van der Waals surface area contributed by atoms with E-state index >= 15 is 0 Å². The van der Waals surface area contributed by atoms with Crippen LogP contribution in [0, 0.1) is 0 Å². The van der Waals surface area contributed by atoms with Crippen LogP contribution in [0.1, 0.15) is 13.3 Å². The number of anilines is 1. The van der Waals surface area contributed by atoms with Crippen molar-refractivity contribution in [2.75, 3.05) is 25.6 Å². The van der Waals surface area contributed by atoms with E-state index in [-0.39, 0.29) is 12.5 Å². The fraction of sp³-hybridized carbons (Fsp3) is 0.417. The molecule has 0 aliphatic rings. The Labute approximate surface area is 106 Å². The van der Waals surface area contributed by atoms with E-state index < -0.39 is 0 Å². The Balaban J connectivity index is 2.64. The van der Waals surface area contributed by atoms with Crippen LogP contribution in [-0.4, -0.2) is 26.2 Å². The van der Waals surface area contributed by atoms with Crippen LogP contribution >= 0.6 is 11.6 Å². The molecule has 17 heavy (non-hydrogen) atoms. The third kappa shape index (κ3) is 4.63. The molecule has 0 spiro atoms. The van der Waals surface area contributed by atoms with Gasteiger partial charge in [-0.15, -0.1) is 0 Å². The zero-order valence-corrected chi connectivity index (χ0v) is 10.7. The summed E-state index contributed by atoms with van der Waals surface area (Å²) in [5, 5.41) is 3.14. The van der Waals surface area contributed by atoms with Crippen molar-refractivity contribution in [3.63, 3.8) is 0 Å². The number of carbonyl (C=O) groups excluding carboxylic acids is 1. The van der Waals surface area contributed by atoms with Crippen LogP contribution in [0.4, 0.5) is 5.69 Å². The molecule has 1 aromatic rings. The Hall–Kier alpha value is -1.26. The van der Waals surface area contributed by atoms with E-state index in [9.17, 15) is 4.79 Å². The van der Waals surface area contributed by atoms with Gasteiger partial charge in [-0.2, -0.15) is 0 Å². The number of hydrogen-bond acceptors (Lipinski definition) is 3. The SMILES string of the molecule is CCCOc1ccc(NC(=O)COC)cc1Cl. The Morgan fingerprint density at radius 1 is 1.47 bits per heavy atom. The summed E-state index contributed by atoms with van der Waals surface area (Å²) in [7, 11) is 1.47. The zero-order valence-electron chi connectivity index (χ0n) is 9.96. The number of amides is 1. The molecule has 0 saturated carbocycles. The predicted octanol–water partition coefficient (Wildman–Crippen LogP) is 2.71. The molecule has 4 nitrogen and oxygen atoms in total. The lowest BCUT2D eigenvalue weighted by Gasteiger charge is -2.09. The number of halogens is 1. The lowest BCUT2D eigenvalue weighted by atomic mass is 10.3. The highest BCUT2D eigenvalue weighted by Crippen LogP contribution is 2.27. The van der Waals surface area contributed by atoms with Crippen molar-refractivity contribution in [3.8, 4) is 5.75 Å². The predicted molar refractivity (Wildman–Crippen MR) is 67.7 cm³/mol. The smallest absolute Gasteiger partial charge is 0.250 e. The Morgan fingerprint density at radius 3 is 2.82 bits per heavy atom. The highest BCUT2D eigenvalue weighted by Gasteiger charge is 2.05. The Bertz CT molecular complexity index is 382. The van der Waals surface area contributed by atoms with Crippen LogP contribution in [0.2, 0.25) is 5.02 Å². The molecule has 1 rings (SSSR count). The summed E-state index contributed by atoms with van der Waals surface area (Å²) in [5.41, 5.74) is 0.626. The average molecular weight is 258 g/mol. The molecule has 1 aromatic carbocycles. The van der Waals surface area contributed by atoms with Gasteiger partial charge in [-0.3, -0.25) is 4.79 Å². The summed E-state index contributed by atoms with van der Waals surface area (Å²) < 4.78 is 10.1. The van der Waals surface area contributed by atoms with Gasteiger partial charge in [0.15, 0.2) is 0 Å². The molecule has 0 aliphatic heterocycles. The van der Waals surface area contributed by atoms with Crippen molar-refractivity contribution in [2.24, 2.45) is 0 Å². The molecular weight excluding hydrogens is 242 g/mol. The number of nitrogens with one attached hydrogen (secondary N) is 1. The van der Waals surface area contributed by atoms with Crippen molar-refractivity contribution in [1.82, 2.24) is 0 Å². The molecule has 0 heterocycles. The van der Waals surface area contributed by atoms with Gasteiger partial charge < -0.3 is 14.8 Å². The van der Waals surface area contributed by atoms with E-state index in [1.165, 1.54) is 7.11 Å². The number of hydrogen-bond donors (Lipinski definition) is 1. The van der Waals surface area contributed by atoms with Gasteiger partial charge in [0.2, 0.25) is 5.91 Å². The van der Waals surface area contributed by atoms with Gasteiger partial charge in [0.05, 0.1) is 11.6 Å². The number of ether oxygens (including phenoxy) is 2. The quantitative estimate of drug-likeness (QED) is 0.852. The maximum atomic E-state index is 11.3. The van der Waals surface area contributed by atoms with Gasteiger partial charge in [0, 0.05) is 12.8 Å². The molecule has 94 valence electrons. The van der Waals surface area contributed by atoms with Crippen LogP contribution in [0.3, 0.4) is 0 Å². The molecule has 0 radical (unpaired) electrons. The lowest BCUT2D eigenvalue weighted by molar-refractivity contribution is -0.119. The minimum Gasteiger partial charge on any atom is -0.492 e. The minimum absolute atomic E-state index is 0.0195. The Kier molecular flexibility index (Phi) is 5.80. The maximum Gasteiger partial charge on any atom is 0.250 e. The van der Waals surface area contributed by atoms with Gasteiger partial charge in [0.25, 0.3) is 0 Å². The first-order valence-corrected chi connectivity index (χ1v) is 5.76. The number of methoxy groups -OCH3 is 1. The maximum absolute atomic E-state index is 11.3. The first-order valence-electron chi connectivity index (χ1n) is 5.38. The third-order valence-electron chi connectivity index (χ3n) is 1.95. The molecule has 0 atom stereocenters. The lowest BCUT2D eigenvalue weighted by Crippen LogP contribution is -2.17. The van der Waals surface area contributed by atoms with E-state index in [0.29, 0.717) is 23.1 Å². The van der Waals surface area contributed by atoms with E-state index in [1.54, 1.807) is 18.2 Å². The molecule has 0 aromatic heterocycles. The number of carbonyl (C=O) groups is 1. The molecule has 1 N–H and O–H groups in total. The van der Waals surface area contributed by atoms with Gasteiger partial charge >= 0.3 is 0 Å². The fourth-order valence-corrected chi connectivity index (χ4v) is 1.47. The summed E-state index contributed by atoms with van der Waals surface area (Å²) >= 11 is 6.02. The van der Waals surface area contributed by atoms with Crippen LogP contribution in [0.5, 0.6) is 5.75 Å². The van der Waals surface area contributed by atoms with Crippen LogP contribution in [-0.2, 0) is 9.53 Å². The van der Waals surface area contributed by atoms with Gasteiger partial charge in [-0.05, 0) is 24.6 Å². The zero-order chi connectivity index (χ0) is 12.7. The van der Waals surface area contributed by atoms with Crippen LogP contribution in [0.15, 0.2) is 18.2 Å². The van der Waals surface area contributed by atoms with Crippen LogP contribution in [0.25, 0.3) is 0 Å². The second-order valence-electron chi connectivity index (χ2n) is 3.47. The molecule has 5 heteroatoms.